The summed E-state index contributed by atoms with van der Waals surface area (Å²) in [4.78, 5) is 20.4. The zero-order valence-corrected chi connectivity index (χ0v) is 9.57. The lowest BCUT2D eigenvalue weighted by atomic mass is 10.0. The number of hydrogen-bond acceptors (Lipinski definition) is 5. The summed E-state index contributed by atoms with van der Waals surface area (Å²) in [6.07, 6.45) is -0.445. The number of nitro benzene ring substituents is 1. The first-order valence-electron chi connectivity index (χ1n) is 5.35. The van der Waals surface area contributed by atoms with Crippen molar-refractivity contribution in [3.05, 3.63) is 33.9 Å². The van der Waals surface area contributed by atoms with E-state index >= 15 is 0 Å². The Morgan fingerprint density at radius 1 is 1.50 bits per heavy atom. The molecule has 1 aromatic carbocycles. The SMILES string of the molecule is Nc1ccc([C@H](O)CCCC(=O)O)cc1[N+](=O)[O-]. The Morgan fingerprint density at radius 2 is 2.17 bits per heavy atom. The molecule has 7 nitrogen and oxygen atoms in total. The molecule has 98 valence electrons. The van der Waals surface area contributed by atoms with Crippen LogP contribution in [0.2, 0.25) is 0 Å². The molecule has 1 atom stereocenters. The van der Waals surface area contributed by atoms with E-state index in [2.05, 4.69) is 0 Å². The van der Waals surface area contributed by atoms with E-state index in [-0.39, 0.29) is 24.2 Å². The fourth-order valence-electron chi connectivity index (χ4n) is 1.54. The van der Waals surface area contributed by atoms with Gasteiger partial charge in [-0.25, -0.2) is 0 Å². The van der Waals surface area contributed by atoms with Gasteiger partial charge in [0.15, 0.2) is 0 Å². The van der Waals surface area contributed by atoms with Crippen molar-refractivity contribution in [1.29, 1.82) is 0 Å². The number of nitrogen functional groups attached to an aromatic ring is 1. The van der Waals surface area contributed by atoms with Gasteiger partial charge in [-0.05, 0) is 24.5 Å². The van der Waals surface area contributed by atoms with Crippen LogP contribution in [0.4, 0.5) is 11.4 Å². The van der Waals surface area contributed by atoms with Crippen molar-refractivity contribution < 1.29 is 19.9 Å². The van der Waals surface area contributed by atoms with E-state index in [9.17, 15) is 20.0 Å². The Bertz CT molecular complexity index is 461. The predicted molar refractivity (Wildman–Crippen MR) is 64.0 cm³/mol. The molecule has 7 heteroatoms. The van der Waals surface area contributed by atoms with E-state index in [0.717, 1.165) is 0 Å². The first kappa shape index (κ1) is 13.9. The predicted octanol–water partition coefficient (Wildman–Crippen LogP) is 1.47. The van der Waals surface area contributed by atoms with Crippen LogP contribution < -0.4 is 5.73 Å². The maximum atomic E-state index is 10.7. The average molecular weight is 254 g/mol. The van der Waals surface area contributed by atoms with E-state index in [1.165, 1.54) is 18.2 Å². The smallest absolute Gasteiger partial charge is 0.303 e. The lowest BCUT2D eigenvalue weighted by Crippen LogP contribution is -2.03. The summed E-state index contributed by atoms with van der Waals surface area (Å²) in [5.74, 6) is -0.939. The minimum absolute atomic E-state index is 0.0292. The van der Waals surface area contributed by atoms with Gasteiger partial charge >= 0.3 is 5.97 Å². The van der Waals surface area contributed by atoms with Crippen LogP contribution >= 0.6 is 0 Å². The van der Waals surface area contributed by atoms with Gasteiger partial charge in [0.1, 0.15) is 5.69 Å². The molecule has 0 unspecified atom stereocenters. The van der Waals surface area contributed by atoms with Crippen LogP contribution in [-0.4, -0.2) is 21.1 Å². The number of hydrogen-bond donors (Lipinski definition) is 3. The fraction of sp³-hybridized carbons (Fsp3) is 0.364. The Balaban J connectivity index is 2.74. The van der Waals surface area contributed by atoms with Crippen molar-refractivity contribution in [2.24, 2.45) is 0 Å². The summed E-state index contributed by atoms with van der Waals surface area (Å²) in [5.41, 5.74) is 5.56. The molecule has 0 aliphatic carbocycles. The largest absolute Gasteiger partial charge is 0.481 e. The van der Waals surface area contributed by atoms with Gasteiger partial charge < -0.3 is 15.9 Å². The summed E-state index contributed by atoms with van der Waals surface area (Å²) in [6, 6.07) is 4.06. The number of nitro groups is 1. The van der Waals surface area contributed by atoms with Crippen LogP contribution in [0.25, 0.3) is 0 Å². The molecule has 1 rings (SSSR count). The van der Waals surface area contributed by atoms with Crippen molar-refractivity contribution in [3.8, 4) is 0 Å². The molecular weight excluding hydrogens is 240 g/mol. The molecule has 0 saturated heterocycles. The van der Waals surface area contributed by atoms with E-state index in [1.54, 1.807) is 0 Å². The molecule has 0 aromatic heterocycles. The lowest BCUT2D eigenvalue weighted by molar-refractivity contribution is -0.384. The molecule has 0 bridgehead atoms. The topological polar surface area (TPSA) is 127 Å². The standard InChI is InChI=1S/C11H14N2O5/c12-8-5-4-7(6-9(8)13(17)18)10(14)2-1-3-11(15)16/h4-6,10,14H,1-3,12H2,(H,15,16)/t10-/m1/s1. The van der Waals surface area contributed by atoms with Gasteiger partial charge in [-0.15, -0.1) is 0 Å². The van der Waals surface area contributed by atoms with Crippen molar-refractivity contribution in [2.75, 3.05) is 5.73 Å². The number of nitrogens with zero attached hydrogens (tertiary/aromatic N) is 1. The number of anilines is 1. The highest BCUT2D eigenvalue weighted by Gasteiger charge is 2.16. The fourth-order valence-corrected chi connectivity index (χ4v) is 1.54. The van der Waals surface area contributed by atoms with Crippen molar-refractivity contribution in [1.82, 2.24) is 0 Å². The Labute approximate surface area is 103 Å². The molecule has 0 heterocycles. The third-order valence-corrected chi connectivity index (χ3v) is 2.50. The van der Waals surface area contributed by atoms with Crippen LogP contribution in [0, 0.1) is 10.1 Å². The number of aliphatic hydroxyl groups is 1. The summed E-state index contributed by atoms with van der Waals surface area (Å²) < 4.78 is 0. The van der Waals surface area contributed by atoms with E-state index in [4.69, 9.17) is 10.8 Å². The van der Waals surface area contributed by atoms with Crippen molar-refractivity contribution in [2.45, 2.75) is 25.4 Å². The molecule has 0 aliphatic heterocycles. The highest BCUT2D eigenvalue weighted by Crippen LogP contribution is 2.27. The highest BCUT2D eigenvalue weighted by atomic mass is 16.6. The van der Waals surface area contributed by atoms with Crippen LogP contribution in [0.5, 0.6) is 0 Å². The maximum Gasteiger partial charge on any atom is 0.303 e. The van der Waals surface area contributed by atoms with E-state index in [0.29, 0.717) is 12.0 Å². The van der Waals surface area contributed by atoms with Crippen LogP contribution in [0.3, 0.4) is 0 Å². The Hall–Kier alpha value is -2.15. The quantitative estimate of drug-likeness (QED) is 0.400. The van der Waals surface area contributed by atoms with E-state index < -0.39 is 17.0 Å². The number of nitrogens with two attached hydrogens (primary N) is 1. The number of rotatable bonds is 6. The number of carbonyl (C=O) groups is 1. The van der Waals surface area contributed by atoms with Gasteiger partial charge in [-0.3, -0.25) is 14.9 Å². The molecule has 0 amide bonds. The maximum absolute atomic E-state index is 10.7. The monoisotopic (exact) mass is 254 g/mol. The molecule has 0 radical (unpaired) electrons. The number of carboxylic acids is 1. The Kier molecular flexibility index (Phi) is 4.61. The highest BCUT2D eigenvalue weighted by molar-refractivity contribution is 5.66. The minimum Gasteiger partial charge on any atom is -0.481 e. The van der Waals surface area contributed by atoms with Gasteiger partial charge in [0.2, 0.25) is 0 Å². The second-order valence-electron chi connectivity index (χ2n) is 3.88. The lowest BCUT2D eigenvalue weighted by Gasteiger charge is -2.10. The van der Waals surface area contributed by atoms with E-state index in [1.807, 2.05) is 0 Å². The first-order valence-corrected chi connectivity index (χ1v) is 5.35. The molecule has 4 N–H and O–H groups in total. The summed E-state index contributed by atoms with van der Waals surface area (Å²) in [7, 11) is 0. The number of aliphatic hydroxyl groups excluding tert-OH is 1. The van der Waals surface area contributed by atoms with Crippen molar-refractivity contribution >= 4 is 17.3 Å². The zero-order chi connectivity index (χ0) is 13.7. The molecular formula is C11H14N2O5. The zero-order valence-electron chi connectivity index (χ0n) is 9.57. The Morgan fingerprint density at radius 3 is 2.72 bits per heavy atom. The van der Waals surface area contributed by atoms with Gasteiger partial charge in [0.25, 0.3) is 5.69 Å². The van der Waals surface area contributed by atoms with Crippen molar-refractivity contribution in [3.63, 3.8) is 0 Å². The molecule has 0 fully saturated rings. The van der Waals surface area contributed by atoms with Crippen LogP contribution in [0.1, 0.15) is 30.9 Å². The van der Waals surface area contributed by atoms with Gasteiger partial charge in [-0.1, -0.05) is 6.07 Å². The summed E-state index contributed by atoms with van der Waals surface area (Å²) >= 11 is 0. The summed E-state index contributed by atoms with van der Waals surface area (Å²) in [5, 5.41) is 28.9. The molecule has 1 aromatic rings. The third kappa shape index (κ3) is 3.70. The number of carboxylic acid groups (broad SMARTS) is 1. The molecule has 0 spiro atoms. The third-order valence-electron chi connectivity index (χ3n) is 2.50. The molecule has 18 heavy (non-hydrogen) atoms. The average Bonchev–Trinajstić information content (AvgIpc) is 2.28. The molecule has 0 aliphatic rings. The van der Waals surface area contributed by atoms with Gasteiger partial charge in [-0.2, -0.15) is 0 Å². The van der Waals surface area contributed by atoms with Gasteiger partial charge in [0.05, 0.1) is 11.0 Å². The normalized spacial score (nSPS) is 12.1. The van der Waals surface area contributed by atoms with Crippen LogP contribution in [-0.2, 0) is 4.79 Å². The number of aliphatic carboxylic acids is 1. The molecule has 0 saturated carbocycles. The first-order chi connectivity index (χ1) is 8.41. The number of benzene rings is 1. The van der Waals surface area contributed by atoms with Gasteiger partial charge in [0, 0.05) is 12.5 Å². The minimum atomic E-state index is -0.939. The van der Waals surface area contributed by atoms with Crippen LogP contribution in [0.15, 0.2) is 18.2 Å². The second-order valence-corrected chi connectivity index (χ2v) is 3.88. The summed E-state index contributed by atoms with van der Waals surface area (Å²) in [6.45, 7) is 0. The second kappa shape index (κ2) is 5.97.